The number of hydrogen-bond donors (Lipinski definition) is 1. The molecule has 1 rings (SSSR count). The van der Waals surface area contributed by atoms with Crippen molar-refractivity contribution in [3.05, 3.63) is 0 Å². The normalized spacial score (nSPS) is 23.7. The van der Waals surface area contributed by atoms with Crippen LogP contribution in [0.15, 0.2) is 0 Å². The molecule has 1 aliphatic heterocycles. The summed E-state index contributed by atoms with van der Waals surface area (Å²) < 4.78 is 27.5. The summed E-state index contributed by atoms with van der Waals surface area (Å²) in [5.41, 5.74) is 0. The van der Waals surface area contributed by atoms with Gasteiger partial charge in [-0.05, 0) is 31.0 Å². The maximum Gasteiger partial charge on any atom is 0.256 e. The molecule has 0 radical (unpaired) electrons. The summed E-state index contributed by atoms with van der Waals surface area (Å²) in [5, 5.41) is 3.32. The molecule has 0 saturated carbocycles. The van der Waals surface area contributed by atoms with Crippen LogP contribution in [-0.2, 0) is 14.6 Å². The smallest absolute Gasteiger partial charge is 0.256 e. The van der Waals surface area contributed by atoms with Crippen LogP contribution >= 0.6 is 12.2 Å². The molecular formula is C9H17NO3S2. The first-order chi connectivity index (χ1) is 7.03. The minimum absolute atomic E-state index is 0.179. The standard InChI is InChI=1S/C9H17NO3S2/c1-2-4-13-9(14)10-6-8-3-5-15(11,12)7-8/h8H,2-7H2,1H3,(H,10,14)/t8-/m1/s1. The van der Waals surface area contributed by atoms with Gasteiger partial charge in [-0.25, -0.2) is 8.42 Å². The molecule has 1 fully saturated rings. The predicted octanol–water partition coefficient (Wildman–Crippen LogP) is 0.722. The van der Waals surface area contributed by atoms with Crippen LogP contribution in [0, 0.1) is 5.92 Å². The van der Waals surface area contributed by atoms with Gasteiger partial charge >= 0.3 is 0 Å². The van der Waals surface area contributed by atoms with E-state index in [9.17, 15) is 8.42 Å². The third-order valence-electron chi connectivity index (χ3n) is 2.30. The molecular weight excluding hydrogens is 234 g/mol. The van der Waals surface area contributed by atoms with Gasteiger partial charge in [-0.1, -0.05) is 6.92 Å². The lowest BCUT2D eigenvalue weighted by atomic mass is 10.1. The van der Waals surface area contributed by atoms with Crippen LogP contribution in [0.25, 0.3) is 0 Å². The van der Waals surface area contributed by atoms with E-state index in [2.05, 4.69) is 5.32 Å². The number of sulfone groups is 1. The van der Waals surface area contributed by atoms with Crippen molar-refractivity contribution < 1.29 is 13.2 Å². The van der Waals surface area contributed by atoms with Crippen molar-refractivity contribution in [2.45, 2.75) is 19.8 Å². The van der Waals surface area contributed by atoms with E-state index in [-0.39, 0.29) is 11.7 Å². The fourth-order valence-electron chi connectivity index (χ4n) is 1.51. The molecule has 15 heavy (non-hydrogen) atoms. The minimum atomic E-state index is -2.78. The van der Waals surface area contributed by atoms with Crippen LogP contribution in [0.4, 0.5) is 0 Å². The van der Waals surface area contributed by atoms with Gasteiger partial charge in [0.25, 0.3) is 5.17 Å². The van der Waals surface area contributed by atoms with Crippen LogP contribution in [0.3, 0.4) is 0 Å². The topological polar surface area (TPSA) is 55.4 Å². The maximum absolute atomic E-state index is 11.2. The quantitative estimate of drug-likeness (QED) is 0.746. The van der Waals surface area contributed by atoms with E-state index in [1.54, 1.807) is 0 Å². The van der Waals surface area contributed by atoms with Crippen LogP contribution in [0.1, 0.15) is 19.8 Å². The van der Waals surface area contributed by atoms with Crippen molar-refractivity contribution in [1.82, 2.24) is 5.32 Å². The van der Waals surface area contributed by atoms with Crippen molar-refractivity contribution in [2.24, 2.45) is 5.92 Å². The molecule has 1 N–H and O–H groups in total. The summed E-state index contributed by atoms with van der Waals surface area (Å²) in [4.78, 5) is 0. The van der Waals surface area contributed by atoms with Crippen molar-refractivity contribution in [1.29, 1.82) is 0 Å². The monoisotopic (exact) mass is 251 g/mol. The zero-order valence-electron chi connectivity index (χ0n) is 8.86. The molecule has 6 heteroatoms. The Labute approximate surface area is 96.3 Å². The van der Waals surface area contributed by atoms with E-state index in [4.69, 9.17) is 17.0 Å². The zero-order chi connectivity index (χ0) is 11.3. The van der Waals surface area contributed by atoms with E-state index in [0.717, 1.165) is 12.8 Å². The highest BCUT2D eigenvalue weighted by Gasteiger charge is 2.27. The van der Waals surface area contributed by atoms with Crippen LogP contribution in [0.5, 0.6) is 0 Å². The maximum atomic E-state index is 11.2. The Bertz CT molecular complexity index is 313. The van der Waals surface area contributed by atoms with E-state index in [1.165, 1.54) is 0 Å². The lowest BCUT2D eigenvalue weighted by Gasteiger charge is -2.11. The first-order valence-electron chi connectivity index (χ1n) is 5.14. The summed E-state index contributed by atoms with van der Waals surface area (Å²) in [6, 6.07) is 0. The molecule has 0 amide bonds. The fraction of sp³-hybridized carbons (Fsp3) is 0.889. The van der Waals surface area contributed by atoms with Crippen molar-refractivity contribution in [3.8, 4) is 0 Å². The van der Waals surface area contributed by atoms with Gasteiger partial charge in [0.15, 0.2) is 9.84 Å². The van der Waals surface area contributed by atoms with E-state index in [0.29, 0.717) is 24.1 Å². The largest absolute Gasteiger partial charge is 0.471 e. The number of ether oxygens (including phenoxy) is 1. The second-order valence-electron chi connectivity index (χ2n) is 3.79. The Morgan fingerprint density at radius 1 is 1.60 bits per heavy atom. The summed E-state index contributed by atoms with van der Waals surface area (Å²) in [6.07, 6.45) is 1.64. The highest BCUT2D eigenvalue weighted by atomic mass is 32.2. The van der Waals surface area contributed by atoms with Gasteiger partial charge in [-0.15, -0.1) is 0 Å². The molecule has 1 heterocycles. The SMILES string of the molecule is CCCOC(=S)NC[C@H]1CCS(=O)(=O)C1. The predicted molar refractivity (Wildman–Crippen MR) is 63.6 cm³/mol. The van der Waals surface area contributed by atoms with Gasteiger partial charge in [0, 0.05) is 6.54 Å². The average Bonchev–Trinajstić information content (AvgIpc) is 2.52. The van der Waals surface area contributed by atoms with Crippen molar-refractivity contribution >= 4 is 27.2 Å². The van der Waals surface area contributed by atoms with Gasteiger partial charge in [-0.3, -0.25) is 0 Å². The van der Waals surface area contributed by atoms with Crippen LogP contribution < -0.4 is 5.32 Å². The molecule has 4 nitrogen and oxygen atoms in total. The Morgan fingerprint density at radius 2 is 2.33 bits per heavy atom. The van der Waals surface area contributed by atoms with Gasteiger partial charge in [0.05, 0.1) is 18.1 Å². The van der Waals surface area contributed by atoms with E-state index >= 15 is 0 Å². The summed E-state index contributed by atoms with van der Waals surface area (Å²) >= 11 is 4.93. The van der Waals surface area contributed by atoms with Crippen molar-refractivity contribution in [2.75, 3.05) is 24.7 Å². The minimum Gasteiger partial charge on any atom is -0.471 e. The molecule has 0 bridgehead atoms. The third-order valence-corrected chi connectivity index (χ3v) is 4.40. The second kappa shape index (κ2) is 5.65. The van der Waals surface area contributed by atoms with Crippen LogP contribution in [0.2, 0.25) is 0 Å². The number of rotatable bonds is 4. The van der Waals surface area contributed by atoms with E-state index in [1.807, 2.05) is 6.92 Å². The fourth-order valence-corrected chi connectivity index (χ4v) is 3.53. The molecule has 0 spiro atoms. The molecule has 0 aromatic carbocycles. The lowest BCUT2D eigenvalue weighted by molar-refractivity contribution is 0.296. The molecule has 0 unspecified atom stereocenters. The lowest BCUT2D eigenvalue weighted by Crippen LogP contribution is -2.30. The first-order valence-corrected chi connectivity index (χ1v) is 7.37. The molecule has 88 valence electrons. The highest BCUT2D eigenvalue weighted by Crippen LogP contribution is 2.17. The highest BCUT2D eigenvalue weighted by molar-refractivity contribution is 7.91. The van der Waals surface area contributed by atoms with Crippen LogP contribution in [-0.4, -0.2) is 38.2 Å². The van der Waals surface area contributed by atoms with Gasteiger partial charge in [0.2, 0.25) is 0 Å². The van der Waals surface area contributed by atoms with Gasteiger partial charge < -0.3 is 10.1 Å². The number of hydrogen-bond acceptors (Lipinski definition) is 4. The Kier molecular flexibility index (Phi) is 4.79. The Balaban J connectivity index is 2.18. The molecule has 1 atom stereocenters. The summed E-state index contributed by atoms with van der Waals surface area (Å²) in [6.45, 7) is 3.21. The van der Waals surface area contributed by atoms with Gasteiger partial charge in [0.1, 0.15) is 0 Å². The Hall–Kier alpha value is -0.360. The number of thiocarbonyl (C=S) groups is 1. The molecule has 0 aromatic rings. The first kappa shape index (κ1) is 12.7. The Morgan fingerprint density at radius 3 is 2.87 bits per heavy atom. The van der Waals surface area contributed by atoms with E-state index < -0.39 is 9.84 Å². The molecule has 1 aliphatic rings. The second-order valence-corrected chi connectivity index (χ2v) is 6.39. The summed E-state index contributed by atoms with van der Waals surface area (Å²) in [7, 11) is -2.78. The molecule has 0 aliphatic carbocycles. The molecule has 0 aromatic heterocycles. The third kappa shape index (κ3) is 4.79. The zero-order valence-corrected chi connectivity index (χ0v) is 10.5. The average molecular weight is 251 g/mol. The van der Waals surface area contributed by atoms with Gasteiger partial charge in [-0.2, -0.15) is 0 Å². The number of nitrogens with one attached hydrogen (secondary N) is 1. The molecule has 1 saturated heterocycles. The van der Waals surface area contributed by atoms with Crippen molar-refractivity contribution in [3.63, 3.8) is 0 Å². The summed E-state index contributed by atoms with van der Waals surface area (Å²) in [5.74, 6) is 0.761.